The highest BCUT2D eigenvalue weighted by atomic mass is 32.3. The number of nitrogens with one attached hydrogen (secondary N) is 2. The van der Waals surface area contributed by atoms with Crippen molar-refractivity contribution in [2.45, 2.75) is 43.4 Å². The molecule has 2 bridgehead atoms. The Morgan fingerprint density at radius 1 is 1.27 bits per heavy atom. The zero-order valence-electron chi connectivity index (χ0n) is 16.4. The average Bonchev–Trinajstić information content (AvgIpc) is 3.27. The summed E-state index contributed by atoms with van der Waals surface area (Å²) in [6.07, 6.45) is 1.60. The summed E-state index contributed by atoms with van der Waals surface area (Å²) in [4.78, 5) is 33.9. The molecular weight excluding hydrogens is 422 g/mol. The van der Waals surface area contributed by atoms with Gasteiger partial charge in [-0.15, -0.1) is 4.28 Å². The summed E-state index contributed by atoms with van der Waals surface area (Å²) in [5.41, 5.74) is 2.41. The number of morpholine rings is 1. The fourth-order valence-electron chi connectivity index (χ4n) is 4.53. The van der Waals surface area contributed by atoms with Crippen LogP contribution < -0.4 is 10.8 Å². The van der Waals surface area contributed by atoms with Gasteiger partial charge in [0.2, 0.25) is 0 Å². The van der Waals surface area contributed by atoms with E-state index in [2.05, 4.69) is 20.0 Å². The summed E-state index contributed by atoms with van der Waals surface area (Å²) in [5, 5.41) is 4.00. The van der Waals surface area contributed by atoms with Crippen LogP contribution in [-0.4, -0.2) is 110 Å². The summed E-state index contributed by atoms with van der Waals surface area (Å²) in [5.74, 6) is -0.474. The Kier molecular flexibility index (Phi) is 6.43. The van der Waals surface area contributed by atoms with E-state index in [1.54, 1.807) is 0 Å². The first-order chi connectivity index (χ1) is 14.3. The van der Waals surface area contributed by atoms with Gasteiger partial charge in [0.1, 0.15) is 6.04 Å². The first kappa shape index (κ1) is 21.7. The molecule has 30 heavy (non-hydrogen) atoms. The minimum Gasteiger partial charge on any atom is -0.379 e. The predicted molar refractivity (Wildman–Crippen MR) is 100 cm³/mol. The molecule has 4 heterocycles. The molecule has 0 aromatic rings. The Bertz CT molecular complexity index is 761. The van der Waals surface area contributed by atoms with E-state index in [0.29, 0.717) is 30.6 Å². The van der Waals surface area contributed by atoms with E-state index in [-0.39, 0.29) is 12.6 Å². The third kappa shape index (κ3) is 4.85. The molecule has 4 fully saturated rings. The lowest BCUT2D eigenvalue weighted by atomic mass is 10.0. The van der Waals surface area contributed by atoms with E-state index < -0.39 is 34.4 Å². The Hall–Kier alpha value is -1.55. The van der Waals surface area contributed by atoms with Crippen LogP contribution in [0.2, 0.25) is 0 Å². The standard InChI is InChI=1S/C16H27N5O8S/c22-15(14-2-1-12-9-20(14)16(23)21(12)29-30(24,25)26)18-28-10-11-7-13(8-17-11)19-3-5-27-6-4-19/h11-14,17H,1-10H2,(H,18,22)(H,24,25,26)/t11-,12?,13-,14?/m1/s1. The molecule has 4 atom stereocenters. The van der Waals surface area contributed by atoms with E-state index in [4.69, 9.17) is 14.1 Å². The minimum atomic E-state index is -4.82. The number of carbonyl (C=O) groups excluding carboxylic acids is 2. The molecule has 4 aliphatic rings. The molecule has 0 aromatic heterocycles. The van der Waals surface area contributed by atoms with Crippen molar-refractivity contribution >= 4 is 22.3 Å². The van der Waals surface area contributed by atoms with Gasteiger partial charge in [0.15, 0.2) is 0 Å². The van der Waals surface area contributed by atoms with Crippen LogP contribution >= 0.6 is 0 Å². The molecule has 0 aliphatic carbocycles. The van der Waals surface area contributed by atoms with Crippen LogP contribution in [0.3, 0.4) is 0 Å². The molecule has 170 valence electrons. The average molecular weight is 449 g/mol. The number of amides is 3. The summed E-state index contributed by atoms with van der Waals surface area (Å²) >= 11 is 0. The topological polar surface area (TPSA) is 150 Å². The van der Waals surface area contributed by atoms with Crippen LogP contribution in [0.5, 0.6) is 0 Å². The maximum Gasteiger partial charge on any atom is 0.418 e. The molecule has 4 aliphatic heterocycles. The van der Waals surface area contributed by atoms with Gasteiger partial charge in [-0.25, -0.2) is 10.3 Å². The molecule has 0 spiro atoms. The van der Waals surface area contributed by atoms with Crippen molar-refractivity contribution in [2.24, 2.45) is 0 Å². The van der Waals surface area contributed by atoms with Gasteiger partial charge in [0, 0.05) is 38.3 Å². The molecular formula is C16H27N5O8S. The maximum absolute atomic E-state index is 12.5. The van der Waals surface area contributed by atoms with Crippen molar-refractivity contribution < 1.29 is 36.4 Å². The third-order valence-corrected chi connectivity index (χ3v) is 6.37. The Morgan fingerprint density at radius 2 is 2.03 bits per heavy atom. The zero-order chi connectivity index (χ0) is 21.3. The van der Waals surface area contributed by atoms with E-state index in [0.717, 1.165) is 39.3 Å². The number of rotatable bonds is 7. The first-order valence-electron chi connectivity index (χ1n) is 10.1. The molecule has 3 N–H and O–H groups in total. The van der Waals surface area contributed by atoms with Gasteiger partial charge in [-0.05, 0) is 19.3 Å². The van der Waals surface area contributed by atoms with Gasteiger partial charge >= 0.3 is 16.4 Å². The van der Waals surface area contributed by atoms with Crippen molar-refractivity contribution in [3.63, 3.8) is 0 Å². The van der Waals surface area contributed by atoms with E-state index in [1.165, 1.54) is 4.90 Å². The van der Waals surface area contributed by atoms with Crippen molar-refractivity contribution in [1.82, 2.24) is 25.7 Å². The van der Waals surface area contributed by atoms with Gasteiger partial charge in [-0.1, -0.05) is 0 Å². The SMILES string of the molecule is O=C(NOC[C@H]1C[C@@H](N2CCOCC2)CN1)C1CCC2CN1C(=O)N2OS(=O)(=O)O. The number of fused-ring (bicyclic) bond motifs is 2. The molecule has 3 amide bonds. The quantitative estimate of drug-likeness (QED) is 0.297. The second-order valence-electron chi connectivity index (χ2n) is 7.93. The highest BCUT2D eigenvalue weighted by Crippen LogP contribution is 2.30. The predicted octanol–water partition coefficient (Wildman–Crippen LogP) is -1.90. The molecule has 14 heteroatoms. The summed E-state index contributed by atoms with van der Waals surface area (Å²) < 4.78 is 40.4. The zero-order valence-corrected chi connectivity index (χ0v) is 17.3. The molecule has 0 radical (unpaired) electrons. The van der Waals surface area contributed by atoms with Crippen LogP contribution in [0.25, 0.3) is 0 Å². The van der Waals surface area contributed by atoms with Gasteiger partial charge in [0.25, 0.3) is 5.91 Å². The van der Waals surface area contributed by atoms with Gasteiger partial charge < -0.3 is 15.0 Å². The number of hydroxylamine groups is 3. The lowest BCUT2D eigenvalue weighted by Gasteiger charge is -2.31. The number of carbonyl (C=O) groups is 2. The summed E-state index contributed by atoms with van der Waals surface area (Å²) in [6.45, 7) is 4.63. The smallest absolute Gasteiger partial charge is 0.379 e. The van der Waals surface area contributed by atoms with Crippen LogP contribution in [0, 0.1) is 0 Å². The Balaban J connectivity index is 1.22. The molecule has 13 nitrogen and oxygen atoms in total. The number of hydrogen-bond donors (Lipinski definition) is 3. The maximum atomic E-state index is 12.5. The van der Waals surface area contributed by atoms with Crippen LogP contribution in [0.15, 0.2) is 0 Å². The van der Waals surface area contributed by atoms with Gasteiger partial charge in [-0.2, -0.15) is 13.5 Å². The number of urea groups is 1. The highest BCUT2D eigenvalue weighted by molar-refractivity contribution is 7.80. The fourth-order valence-corrected chi connectivity index (χ4v) is 4.92. The summed E-state index contributed by atoms with van der Waals surface area (Å²) in [7, 11) is -4.82. The Morgan fingerprint density at radius 3 is 2.77 bits per heavy atom. The molecule has 4 saturated heterocycles. The number of hydrogen-bond acceptors (Lipinski definition) is 9. The third-order valence-electron chi connectivity index (χ3n) is 6.02. The molecule has 2 unspecified atom stereocenters. The number of ether oxygens (including phenoxy) is 1. The van der Waals surface area contributed by atoms with Crippen molar-refractivity contribution in [3.05, 3.63) is 0 Å². The molecule has 0 saturated carbocycles. The largest absolute Gasteiger partial charge is 0.418 e. The van der Waals surface area contributed by atoms with Crippen molar-refractivity contribution in [2.75, 3.05) is 46.0 Å². The number of piperidine rings is 1. The first-order valence-corrected chi connectivity index (χ1v) is 11.4. The van der Waals surface area contributed by atoms with Gasteiger partial charge in [-0.3, -0.25) is 19.1 Å². The minimum absolute atomic E-state index is 0.112. The lowest BCUT2D eigenvalue weighted by molar-refractivity contribution is -0.139. The van der Waals surface area contributed by atoms with E-state index >= 15 is 0 Å². The van der Waals surface area contributed by atoms with Gasteiger partial charge in [0.05, 0.1) is 25.9 Å². The Labute approximate surface area is 174 Å². The van der Waals surface area contributed by atoms with Crippen LogP contribution in [0.4, 0.5) is 4.79 Å². The van der Waals surface area contributed by atoms with Crippen LogP contribution in [0.1, 0.15) is 19.3 Å². The number of nitrogens with zero attached hydrogens (tertiary/aromatic N) is 3. The fraction of sp³-hybridized carbons (Fsp3) is 0.875. The lowest BCUT2D eigenvalue weighted by Crippen LogP contribution is -2.50. The van der Waals surface area contributed by atoms with E-state index in [1.807, 2.05) is 0 Å². The second-order valence-corrected chi connectivity index (χ2v) is 8.93. The molecule has 0 aromatic carbocycles. The second kappa shape index (κ2) is 8.90. The monoisotopic (exact) mass is 449 g/mol. The summed E-state index contributed by atoms with van der Waals surface area (Å²) in [6, 6.07) is -1.57. The van der Waals surface area contributed by atoms with Crippen LogP contribution in [-0.2, 0) is 29.1 Å². The highest BCUT2D eigenvalue weighted by Gasteiger charge is 2.49. The van der Waals surface area contributed by atoms with Crippen molar-refractivity contribution in [3.8, 4) is 0 Å². The normalized spacial score (nSPS) is 32.6. The van der Waals surface area contributed by atoms with Crippen molar-refractivity contribution in [1.29, 1.82) is 0 Å². The molecule has 4 rings (SSSR count). The van der Waals surface area contributed by atoms with E-state index in [9.17, 15) is 18.0 Å².